The Morgan fingerprint density at radius 1 is 1.19 bits per heavy atom. The Kier molecular flexibility index (Phi) is 5.93. The lowest BCUT2D eigenvalue weighted by Crippen LogP contribution is -2.36. The van der Waals surface area contributed by atoms with Gasteiger partial charge in [0.15, 0.2) is 10.9 Å². The van der Waals surface area contributed by atoms with Crippen LogP contribution in [-0.4, -0.2) is 30.7 Å². The Balaban J connectivity index is 1.50. The normalized spacial score (nSPS) is 24.1. The molecule has 1 aliphatic carbocycles. The molecule has 0 radical (unpaired) electrons. The lowest BCUT2D eigenvalue weighted by Gasteiger charge is -2.31. The van der Waals surface area contributed by atoms with Crippen molar-refractivity contribution in [2.45, 2.75) is 55.2 Å². The summed E-state index contributed by atoms with van der Waals surface area (Å²) in [6, 6.07) is 12.6. The van der Waals surface area contributed by atoms with Gasteiger partial charge < -0.3 is 19.0 Å². The van der Waals surface area contributed by atoms with Crippen LogP contribution in [0.25, 0.3) is 0 Å². The highest BCUT2D eigenvalue weighted by Gasteiger charge is 2.53. The first kappa shape index (κ1) is 19.1. The molecule has 5 heteroatoms. The molecule has 2 aliphatic rings. The highest BCUT2D eigenvalue weighted by Crippen LogP contribution is 2.53. The maximum Gasteiger partial charge on any atom is 0.171 e. The Hall–Kier alpha value is -1.27. The highest BCUT2D eigenvalue weighted by molar-refractivity contribution is 7.98. The molecule has 4 rings (SSSR count). The van der Waals surface area contributed by atoms with Gasteiger partial charge in [0, 0.05) is 30.6 Å². The molecule has 1 N–H and O–H groups in total. The molecule has 1 aromatic carbocycles. The van der Waals surface area contributed by atoms with Crippen molar-refractivity contribution in [1.29, 1.82) is 0 Å². The number of ether oxygens (including phenoxy) is 2. The number of hydrogen-bond donors (Lipinski definition) is 1. The minimum absolute atomic E-state index is 0.203. The number of thioether (sulfide) groups is 1. The van der Waals surface area contributed by atoms with Crippen molar-refractivity contribution >= 4 is 11.8 Å². The van der Waals surface area contributed by atoms with Gasteiger partial charge >= 0.3 is 0 Å². The monoisotopic (exact) mass is 388 g/mol. The second-order valence-corrected chi connectivity index (χ2v) is 8.49. The zero-order valence-electron chi connectivity index (χ0n) is 15.9. The van der Waals surface area contributed by atoms with E-state index in [4.69, 9.17) is 13.9 Å². The van der Waals surface area contributed by atoms with E-state index in [0.717, 1.165) is 42.3 Å². The molecule has 1 aromatic heterocycles. The fourth-order valence-corrected chi connectivity index (χ4v) is 5.47. The molecule has 2 fully saturated rings. The standard InChI is InChI=1S/C22H28O4S/c1-16-14-20(27-15-17-6-3-2-4-7-17)26-21(16)18-9-10-22(24-12-13-25-22)19(18)8-5-11-23/h2-4,6-7,14,18-19,23H,5,8-13,15H2,1H3/t18-,19+/m1/s1. The Morgan fingerprint density at radius 2 is 1.96 bits per heavy atom. The van der Waals surface area contributed by atoms with Crippen LogP contribution >= 0.6 is 11.8 Å². The van der Waals surface area contributed by atoms with Crippen LogP contribution in [0, 0.1) is 12.8 Å². The van der Waals surface area contributed by atoms with Crippen LogP contribution in [0.1, 0.15) is 48.5 Å². The van der Waals surface area contributed by atoms with Crippen molar-refractivity contribution in [3.05, 3.63) is 53.3 Å². The van der Waals surface area contributed by atoms with Gasteiger partial charge in [0.25, 0.3) is 0 Å². The molecule has 0 unspecified atom stereocenters. The quantitative estimate of drug-likeness (QED) is 0.685. The number of furan rings is 1. The number of benzene rings is 1. The van der Waals surface area contributed by atoms with Gasteiger partial charge in [0.2, 0.25) is 0 Å². The molecule has 1 saturated carbocycles. The van der Waals surface area contributed by atoms with Gasteiger partial charge in [-0.1, -0.05) is 42.1 Å². The average Bonchev–Trinajstić information content (AvgIpc) is 3.39. The molecular weight excluding hydrogens is 360 g/mol. The molecule has 0 amide bonds. The molecule has 27 heavy (non-hydrogen) atoms. The summed E-state index contributed by atoms with van der Waals surface area (Å²) in [5.41, 5.74) is 2.51. The third-order valence-corrected chi connectivity index (χ3v) is 6.76. The third kappa shape index (κ3) is 3.97. The van der Waals surface area contributed by atoms with Crippen LogP contribution in [0.2, 0.25) is 0 Å². The molecule has 0 bridgehead atoms. The third-order valence-electron chi connectivity index (χ3n) is 5.80. The second kappa shape index (κ2) is 8.39. The van der Waals surface area contributed by atoms with E-state index in [1.165, 1.54) is 11.1 Å². The van der Waals surface area contributed by atoms with E-state index in [0.29, 0.717) is 19.1 Å². The van der Waals surface area contributed by atoms with Gasteiger partial charge in [-0.2, -0.15) is 0 Å². The van der Waals surface area contributed by atoms with Crippen molar-refractivity contribution in [2.24, 2.45) is 5.92 Å². The maximum absolute atomic E-state index is 9.34. The molecule has 146 valence electrons. The molecule has 4 nitrogen and oxygen atoms in total. The van der Waals surface area contributed by atoms with E-state index in [1.807, 2.05) is 6.07 Å². The zero-order valence-corrected chi connectivity index (χ0v) is 16.7. The predicted octanol–water partition coefficient (Wildman–Crippen LogP) is 4.89. The fraction of sp³-hybridized carbons (Fsp3) is 0.545. The van der Waals surface area contributed by atoms with Crippen LogP contribution in [0.5, 0.6) is 0 Å². The first-order valence-corrected chi connectivity index (χ1v) is 10.9. The zero-order chi connectivity index (χ0) is 18.7. The maximum atomic E-state index is 9.34. The minimum Gasteiger partial charge on any atom is -0.454 e. The molecule has 2 aromatic rings. The first-order valence-electron chi connectivity index (χ1n) is 9.88. The number of hydrogen-bond acceptors (Lipinski definition) is 5. The lowest BCUT2D eigenvalue weighted by molar-refractivity contribution is -0.185. The predicted molar refractivity (Wildman–Crippen MR) is 106 cm³/mol. The molecular formula is C22H28O4S. The minimum atomic E-state index is -0.476. The topological polar surface area (TPSA) is 51.8 Å². The molecule has 1 aliphatic heterocycles. The number of rotatable bonds is 7. The Bertz CT molecular complexity index is 736. The van der Waals surface area contributed by atoms with Crippen molar-refractivity contribution < 1.29 is 19.0 Å². The van der Waals surface area contributed by atoms with Crippen LogP contribution in [-0.2, 0) is 15.2 Å². The van der Waals surface area contributed by atoms with E-state index >= 15 is 0 Å². The summed E-state index contributed by atoms with van der Waals surface area (Å²) < 4.78 is 18.5. The van der Waals surface area contributed by atoms with E-state index in [9.17, 15) is 5.11 Å². The summed E-state index contributed by atoms with van der Waals surface area (Å²) in [5, 5.41) is 10.3. The van der Waals surface area contributed by atoms with Crippen LogP contribution < -0.4 is 0 Å². The lowest BCUT2D eigenvalue weighted by atomic mass is 9.86. The molecule has 1 saturated heterocycles. The van der Waals surface area contributed by atoms with Gasteiger partial charge in [-0.15, -0.1) is 0 Å². The van der Waals surface area contributed by atoms with Gasteiger partial charge in [0.1, 0.15) is 5.76 Å². The van der Waals surface area contributed by atoms with Gasteiger partial charge in [-0.05, 0) is 43.4 Å². The molecule has 2 atom stereocenters. The average molecular weight is 389 g/mol. The van der Waals surface area contributed by atoms with E-state index in [-0.39, 0.29) is 12.5 Å². The second-order valence-electron chi connectivity index (χ2n) is 7.51. The number of aliphatic hydroxyl groups is 1. The Labute approximate surface area is 165 Å². The van der Waals surface area contributed by atoms with Crippen molar-refractivity contribution in [3.63, 3.8) is 0 Å². The summed E-state index contributed by atoms with van der Waals surface area (Å²) in [7, 11) is 0. The Morgan fingerprint density at radius 3 is 2.70 bits per heavy atom. The largest absolute Gasteiger partial charge is 0.454 e. The smallest absolute Gasteiger partial charge is 0.171 e. The SMILES string of the molecule is Cc1cc(SCc2ccccc2)oc1[C@@H]1CCC2(OCCO2)[C@H]1CCCO. The highest BCUT2D eigenvalue weighted by atomic mass is 32.2. The van der Waals surface area contributed by atoms with Crippen LogP contribution in [0.15, 0.2) is 45.9 Å². The van der Waals surface area contributed by atoms with E-state index in [1.54, 1.807) is 11.8 Å². The van der Waals surface area contributed by atoms with Gasteiger partial charge in [-0.25, -0.2) is 0 Å². The van der Waals surface area contributed by atoms with Gasteiger partial charge in [-0.3, -0.25) is 0 Å². The summed E-state index contributed by atoms with van der Waals surface area (Å²) in [4.78, 5) is 0. The van der Waals surface area contributed by atoms with Crippen LogP contribution in [0.4, 0.5) is 0 Å². The van der Waals surface area contributed by atoms with Crippen molar-refractivity contribution in [1.82, 2.24) is 0 Å². The van der Waals surface area contributed by atoms with E-state index < -0.39 is 5.79 Å². The van der Waals surface area contributed by atoms with Crippen molar-refractivity contribution in [3.8, 4) is 0 Å². The van der Waals surface area contributed by atoms with Crippen molar-refractivity contribution in [2.75, 3.05) is 19.8 Å². The van der Waals surface area contributed by atoms with E-state index in [2.05, 4.69) is 37.3 Å². The molecule has 2 heterocycles. The fourth-order valence-electron chi connectivity index (χ4n) is 4.56. The molecule has 1 spiro atoms. The summed E-state index contributed by atoms with van der Waals surface area (Å²) in [6.45, 7) is 3.67. The van der Waals surface area contributed by atoms with Gasteiger partial charge in [0.05, 0.1) is 13.2 Å². The first-order chi connectivity index (χ1) is 13.2. The summed E-state index contributed by atoms with van der Waals surface area (Å²) in [6.07, 6.45) is 3.58. The number of aryl methyl sites for hydroxylation is 1. The number of aliphatic hydroxyl groups excluding tert-OH is 1. The van der Waals surface area contributed by atoms with Crippen LogP contribution in [0.3, 0.4) is 0 Å². The summed E-state index contributed by atoms with van der Waals surface area (Å²) >= 11 is 1.74. The summed E-state index contributed by atoms with van der Waals surface area (Å²) in [5.74, 6) is 2.03.